The number of benzene rings is 3. The fourth-order valence-electron chi connectivity index (χ4n) is 4.74. The molecule has 2 aromatic heterocycles. The van der Waals surface area contributed by atoms with Crippen LogP contribution in [-0.2, 0) is 0 Å². The quantitative estimate of drug-likeness (QED) is 0.171. The van der Waals surface area contributed by atoms with E-state index in [4.69, 9.17) is 0 Å². The fraction of sp³-hybridized carbons (Fsp3) is 0.111. The van der Waals surface area contributed by atoms with Crippen LogP contribution in [0.1, 0.15) is 20.9 Å². The summed E-state index contributed by atoms with van der Waals surface area (Å²) in [6.07, 6.45) is 3.97. The normalized spacial score (nSPS) is 11.6. The molecule has 0 aliphatic carbocycles. The van der Waals surface area contributed by atoms with Crippen LogP contribution in [0.4, 0.5) is 11.4 Å². The average molecular weight is 583 g/mol. The second-order valence-electron chi connectivity index (χ2n) is 10.2. The van der Waals surface area contributed by atoms with Crippen molar-refractivity contribution in [1.82, 2.24) is 0 Å². The first-order chi connectivity index (χ1) is 20.4. The molecule has 0 unspecified atom stereocenters. The second kappa shape index (κ2) is 12.7. The molecule has 0 radical (unpaired) electrons. The molecule has 4 nitrogen and oxygen atoms in total. The van der Waals surface area contributed by atoms with Gasteiger partial charge in [-0.05, 0) is 105 Å². The van der Waals surface area contributed by atoms with Crippen LogP contribution in [0, 0.1) is 22.7 Å². The molecule has 0 spiro atoms. The van der Waals surface area contributed by atoms with Crippen LogP contribution in [0.3, 0.4) is 0 Å². The lowest BCUT2D eigenvalue weighted by molar-refractivity contribution is 1.13. The van der Waals surface area contributed by atoms with Gasteiger partial charge in [0.1, 0.15) is 12.1 Å². The molecule has 0 atom stereocenters. The highest BCUT2D eigenvalue weighted by atomic mass is 32.1. The number of hydrogen-bond acceptors (Lipinski definition) is 6. The lowest BCUT2D eigenvalue weighted by atomic mass is 9.89. The van der Waals surface area contributed by atoms with Crippen molar-refractivity contribution >= 4 is 57.3 Å². The molecule has 0 saturated carbocycles. The molecule has 0 saturated heterocycles. The third kappa shape index (κ3) is 6.21. The van der Waals surface area contributed by atoms with Gasteiger partial charge in [-0.15, -0.1) is 22.7 Å². The molecule has 42 heavy (non-hydrogen) atoms. The van der Waals surface area contributed by atoms with Gasteiger partial charge in [-0.3, -0.25) is 0 Å². The topological polar surface area (TPSA) is 54.1 Å². The highest BCUT2D eigenvalue weighted by Crippen LogP contribution is 2.38. The number of hydrogen-bond donors (Lipinski definition) is 0. The van der Waals surface area contributed by atoms with Gasteiger partial charge in [0.15, 0.2) is 0 Å². The van der Waals surface area contributed by atoms with Crippen molar-refractivity contribution in [3.63, 3.8) is 0 Å². The molecular formula is C36H30N4S2. The molecule has 5 rings (SSSR count). The first-order valence-corrected chi connectivity index (χ1v) is 15.2. The second-order valence-corrected chi connectivity index (χ2v) is 12.1. The minimum Gasteiger partial charge on any atom is -0.378 e. The van der Waals surface area contributed by atoms with Crippen molar-refractivity contribution in [2.45, 2.75) is 0 Å². The maximum Gasteiger partial charge on any atom is 0.101 e. The van der Waals surface area contributed by atoms with Crippen LogP contribution < -0.4 is 9.80 Å². The van der Waals surface area contributed by atoms with Crippen molar-refractivity contribution in [2.24, 2.45) is 0 Å². The summed E-state index contributed by atoms with van der Waals surface area (Å²) in [6, 6.07) is 33.9. The third-order valence-corrected chi connectivity index (χ3v) is 8.83. The van der Waals surface area contributed by atoms with Crippen LogP contribution in [0.25, 0.3) is 45.6 Å². The van der Waals surface area contributed by atoms with Gasteiger partial charge in [0, 0.05) is 49.3 Å². The molecule has 0 aliphatic heterocycles. The van der Waals surface area contributed by atoms with Crippen molar-refractivity contribution < 1.29 is 0 Å². The number of allylic oxidation sites excluding steroid dienone is 2. The molecule has 2 heterocycles. The fourth-order valence-corrected chi connectivity index (χ4v) is 6.13. The summed E-state index contributed by atoms with van der Waals surface area (Å²) in [5, 5.41) is 24.2. The lowest BCUT2D eigenvalue weighted by Crippen LogP contribution is -2.08. The number of nitriles is 2. The monoisotopic (exact) mass is 582 g/mol. The van der Waals surface area contributed by atoms with Crippen molar-refractivity contribution in [3.8, 4) is 34.4 Å². The predicted octanol–water partition coefficient (Wildman–Crippen LogP) is 9.40. The van der Waals surface area contributed by atoms with E-state index >= 15 is 0 Å². The molecule has 3 aromatic carbocycles. The van der Waals surface area contributed by atoms with Gasteiger partial charge in [-0.25, -0.2) is 0 Å². The summed E-state index contributed by atoms with van der Waals surface area (Å²) in [4.78, 5) is 6.00. The first-order valence-electron chi connectivity index (χ1n) is 13.4. The van der Waals surface area contributed by atoms with Gasteiger partial charge in [0.25, 0.3) is 0 Å². The van der Waals surface area contributed by atoms with Gasteiger partial charge in [0.2, 0.25) is 0 Å². The zero-order chi connectivity index (χ0) is 29.6. The minimum absolute atomic E-state index is 0.615. The van der Waals surface area contributed by atoms with Crippen LogP contribution >= 0.6 is 22.7 Å². The van der Waals surface area contributed by atoms with Crippen LogP contribution in [0.15, 0.2) is 95.7 Å². The maximum absolute atomic E-state index is 10.1. The van der Waals surface area contributed by atoms with E-state index in [1.165, 1.54) is 0 Å². The summed E-state index contributed by atoms with van der Waals surface area (Å²) in [6.45, 7) is 0. The molecule has 0 N–H and O–H groups in total. The lowest BCUT2D eigenvalue weighted by Gasteiger charge is -2.17. The third-order valence-electron chi connectivity index (χ3n) is 7.02. The van der Waals surface area contributed by atoms with Crippen molar-refractivity contribution in [1.29, 1.82) is 10.5 Å². The van der Waals surface area contributed by atoms with Crippen molar-refractivity contribution in [2.75, 3.05) is 38.0 Å². The van der Waals surface area contributed by atoms with Gasteiger partial charge in [0.05, 0.1) is 11.1 Å². The number of rotatable bonds is 8. The molecule has 0 fully saturated rings. The largest absolute Gasteiger partial charge is 0.378 e. The Morgan fingerprint density at radius 1 is 0.595 bits per heavy atom. The van der Waals surface area contributed by atoms with Gasteiger partial charge in [-0.2, -0.15) is 10.5 Å². The molecule has 206 valence electrons. The van der Waals surface area contributed by atoms with E-state index in [1.807, 2.05) is 75.4 Å². The van der Waals surface area contributed by atoms with Crippen LogP contribution in [0.5, 0.6) is 0 Å². The van der Waals surface area contributed by atoms with E-state index < -0.39 is 0 Å². The van der Waals surface area contributed by atoms with Gasteiger partial charge < -0.3 is 9.80 Å². The van der Waals surface area contributed by atoms with E-state index in [0.29, 0.717) is 11.1 Å². The van der Waals surface area contributed by atoms with E-state index in [1.54, 1.807) is 22.7 Å². The van der Waals surface area contributed by atoms with E-state index in [-0.39, 0.29) is 0 Å². The molecular weight excluding hydrogens is 553 g/mol. The van der Waals surface area contributed by atoms with E-state index in [9.17, 15) is 10.5 Å². The Kier molecular flexibility index (Phi) is 8.69. The number of thiophene rings is 2. The highest BCUT2D eigenvalue weighted by molar-refractivity contribution is 7.11. The highest BCUT2D eigenvalue weighted by Gasteiger charge is 2.15. The molecule has 0 bridgehead atoms. The Morgan fingerprint density at radius 2 is 0.976 bits per heavy atom. The maximum atomic E-state index is 10.1. The predicted molar refractivity (Wildman–Crippen MR) is 182 cm³/mol. The minimum atomic E-state index is 0.615. The molecule has 0 aliphatic rings. The Balaban J connectivity index is 1.80. The van der Waals surface area contributed by atoms with Crippen LogP contribution in [-0.4, -0.2) is 28.2 Å². The van der Waals surface area contributed by atoms with Crippen molar-refractivity contribution in [3.05, 3.63) is 117 Å². The molecule has 0 amide bonds. The summed E-state index contributed by atoms with van der Waals surface area (Å²) in [5.41, 5.74) is 9.38. The average Bonchev–Trinajstić information content (AvgIpc) is 3.74. The standard InChI is InChI=1S/C36H30N4S2/c1-39(2)31-13-9-25(10-14-31)33-21-28(20-30(24-38)36-8-6-18-42-36)34(26-11-15-32(16-12-26)40(3)4)22-27(33)19-29(23-37)35-7-5-17-41-35/h5-22H,1-4H3/b29-19-,30-20-. The zero-order valence-corrected chi connectivity index (χ0v) is 25.6. The summed E-state index contributed by atoms with van der Waals surface area (Å²) in [7, 11) is 8.10. The SMILES string of the molecule is CN(C)c1ccc(-c2cc(/C=C(/C#N)c3cccs3)c(-c3ccc(N(C)C)cc3)cc2/C=C(/C#N)c2cccs2)cc1. The Hall–Kier alpha value is -4.88. The zero-order valence-electron chi connectivity index (χ0n) is 24.0. The Labute approximate surface area is 256 Å². The molecule has 5 aromatic rings. The van der Waals surface area contributed by atoms with Gasteiger partial charge in [-0.1, -0.05) is 36.4 Å². The Bertz CT molecular complexity index is 1670. The first kappa shape index (κ1) is 28.6. The van der Waals surface area contributed by atoms with E-state index in [2.05, 4.69) is 82.6 Å². The summed E-state index contributed by atoms with van der Waals surface area (Å²) < 4.78 is 0. The molecule has 6 heteroatoms. The number of nitrogens with zero attached hydrogens (tertiary/aromatic N) is 4. The smallest absolute Gasteiger partial charge is 0.101 e. The number of anilines is 2. The van der Waals surface area contributed by atoms with E-state index in [0.717, 1.165) is 54.5 Å². The van der Waals surface area contributed by atoms with Gasteiger partial charge >= 0.3 is 0 Å². The summed E-state index contributed by atoms with van der Waals surface area (Å²) >= 11 is 3.11. The Morgan fingerprint density at radius 3 is 1.26 bits per heavy atom. The van der Waals surface area contributed by atoms with Crippen LogP contribution in [0.2, 0.25) is 0 Å². The summed E-state index contributed by atoms with van der Waals surface area (Å²) in [5.74, 6) is 0.